The Morgan fingerprint density at radius 2 is 1.83 bits per heavy atom. The molecule has 3 nitrogen and oxygen atoms in total. The summed E-state index contributed by atoms with van der Waals surface area (Å²) in [6, 6.07) is 10.1. The van der Waals surface area contributed by atoms with E-state index in [2.05, 4.69) is 54.2 Å². The van der Waals surface area contributed by atoms with E-state index >= 15 is 0 Å². The van der Waals surface area contributed by atoms with Gasteiger partial charge in [0.05, 0.1) is 7.11 Å². The molecule has 0 saturated heterocycles. The third-order valence-corrected chi connectivity index (χ3v) is 4.72. The summed E-state index contributed by atoms with van der Waals surface area (Å²) in [5, 5.41) is 3.40. The fraction of sp³-hybridized carbons (Fsp3) is 0.278. The summed E-state index contributed by atoms with van der Waals surface area (Å²) < 4.78 is 12.0. The minimum absolute atomic E-state index is 0.326. The summed E-state index contributed by atoms with van der Waals surface area (Å²) in [5.74, 6) is 0.893. The number of thiocarbonyl (C=S) groups is 1. The van der Waals surface area contributed by atoms with Crippen LogP contribution >= 0.6 is 28.1 Å². The average molecular weight is 394 g/mol. The van der Waals surface area contributed by atoms with E-state index in [4.69, 9.17) is 21.7 Å². The summed E-state index contributed by atoms with van der Waals surface area (Å²) in [5.41, 5.74) is 5.47. The van der Waals surface area contributed by atoms with E-state index in [-0.39, 0.29) is 0 Å². The number of benzene rings is 2. The van der Waals surface area contributed by atoms with Crippen molar-refractivity contribution in [2.24, 2.45) is 0 Å². The van der Waals surface area contributed by atoms with Crippen molar-refractivity contribution in [1.29, 1.82) is 0 Å². The molecule has 0 aliphatic rings. The minimum Gasteiger partial charge on any atom is -0.489 e. The number of aryl methyl sites for hydroxylation is 3. The first-order chi connectivity index (χ1) is 10.9. The van der Waals surface area contributed by atoms with E-state index in [1.54, 1.807) is 7.11 Å². The Labute approximate surface area is 151 Å². The lowest BCUT2D eigenvalue weighted by Gasteiger charge is -2.16. The van der Waals surface area contributed by atoms with Crippen LogP contribution in [0.1, 0.15) is 22.3 Å². The van der Waals surface area contributed by atoms with Crippen LogP contribution in [0.2, 0.25) is 0 Å². The van der Waals surface area contributed by atoms with Crippen LogP contribution in [0.3, 0.4) is 0 Å². The van der Waals surface area contributed by atoms with Crippen molar-refractivity contribution < 1.29 is 9.47 Å². The Morgan fingerprint density at radius 3 is 2.52 bits per heavy atom. The van der Waals surface area contributed by atoms with Gasteiger partial charge in [-0.25, -0.2) is 0 Å². The fourth-order valence-electron chi connectivity index (χ4n) is 2.22. The summed E-state index contributed by atoms with van der Waals surface area (Å²) in [7, 11) is 1.54. The summed E-state index contributed by atoms with van der Waals surface area (Å²) in [4.78, 5) is 0. The SMILES string of the molecule is COC(=S)Nc1cccc(Br)c1COc1cc(C)c(C)cc1C. The smallest absolute Gasteiger partial charge is 0.260 e. The first kappa shape index (κ1) is 17.8. The molecule has 122 valence electrons. The van der Waals surface area contributed by atoms with Crippen LogP contribution in [0.15, 0.2) is 34.8 Å². The van der Waals surface area contributed by atoms with Crippen LogP contribution in [-0.4, -0.2) is 12.3 Å². The largest absolute Gasteiger partial charge is 0.489 e. The van der Waals surface area contributed by atoms with Crippen molar-refractivity contribution in [1.82, 2.24) is 0 Å². The van der Waals surface area contributed by atoms with Crippen molar-refractivity contribution in [3.63, 3.8) is 0 Å². The van der Waals surface area contributed by atoms with Crippen molar-refractivity contribution in [3.8, 4) is 5.75 Å². The zero-order valence-corrected chi connectivity index (χ0v) is 16.1. The monoisotopic (exact) mass is 393 g/mol. The highest BCUT2D eigenvalue weighted by molar-refractivity contribution is 9.10. The number of hydrogen-bond acceptors (Lipinski definition) is 3. The normalized spacial score (nSPS) is 10.3. The summed E-state index contributed by atoms with van der Waals surface area (Å²) in [6.45, 7) is 6.68. The first-order valence-corrected chi connectivity index (χ1v) is 8.45. The van der Waals surface area contributed by atoms with Gasteiger partial charge in [0.15, 0.2) is 0 Å². The standard InChI is InChI=1S/C18H20BrNO2S/c1-11-8-13(3)17(9-12(11)2)22-10-14-15(19)6-5-7-16(14)20-18(23)21-4/h5-9H,10H2,1-4H3,(H,20,23). The molecule has 0 unspecified atom stereocenters. The molecule has 0 aliphatic carbocycles. The van der Waals surface area contributed by atoms with Gasteiger partial charge < -0.3 is 14.8 Å². The second kappa shape index (κ2) is 7.79. The molecule has 0 amide bonds. The molecule has 0 fully saturated rings. The van der Waals surface area contributed by atoms with Crippen LogP contribution in [0.4, 0.5) is 5.69 Å². The molecule has 0 heterocycles. The van der Waals surface area contributed by atoms with Gasteiger partial charge in [-0.1, -0.05) is 28.1 Å². The molecule has 0 aliphatic heterocycles. The van der Waals surface area contributed by atoms with E-state index in [1.165, 1.54) is 11.1 Å². The second-order valence-electron chi connectivity index (χ2n) is 5.37. The highest BCUT2D eigenvalue weighted by atomic mass is 79.9. The van der Waals surface area contributed by atoms with Gasteiger partial charge in [0.1, 0.15) is 12.4 Å². The number of nitrogens with one attached hydrogen (secondary N) is 1. The van der Waals surface area contributed by atoms with E-state index in [9.17, 15) is 0 Å². The maximum absolute atomic E-state index is 6.04. The lowest BCUT2D eigenvalue weighted by molar-refractivity contribution is 0.303. The van der Waals surface area contributed by atoms with Crippen LogP contribution in [0.5, 0.6) is 5.75 Å². The first-order valence-electron chi connectivity index (χ1n) is 7.25. The summed E-state index contributed by atoms with van der Waals surface area (Å²) in [6.07, 6.45) is 0. The number of hydrogen-bond donors (Lipinski definition) is 1. The second-order valence-corrected chi connectivity index (χ2v) is 6.60. The van der Waals surface area contributed by atoms with Gasteiger partial charge in [-0.2, -0.15) is 0 Å². The molecule has 0 saturated carbocycles. The quantitative estimate of drug-likeness (QED) is 0.714. The van der Waals surface area contributed by atoms with E-state index in [0.717, 1.165) is 27.0 Å². The van der Waals surface area contributed by atoms with E-state index in [0.29, 0.717) is 11.8 Å². The Kier molecular flexibility index (Phi) is 6.02. The highest BCUT2D eigenvalue weighted by Gasteiger charge is 2.11. The van der Waals surface area contributed by atoms with Gasteiger partial charge >= 0.3 is 0 Å². The Balaban J connectivity index is 2.23. The molecule has 2 rings (SSSR count). The van der Waals surface area contributed by atoms with Crippen LogP contribution < -0.4 is 10.1 Å². The molecule has 0 bridgehead atoms. The third-order valence-electron chi connectivity index (χ3n) is 3.70. The number of methoxy groups -OCH3 is 1. The van der Waals surface area contributed by atoms with Crippen molar-refractivity contribution in [2.45, 2.75) is 27.4 Å². The molecule has 5 heteroatoms. The molecule has 0 atom stereocenters. The maximum Gasteiger partial charge on any atom is 0.260 e. The van der Waals surface area contributed by atoms with Gasteiger partial charge in [-0.05, 0) is 67.9 Å². The van der Waals surface area contributed by atoms with E-state index in [1.807, 2.05) is 18.2 Å². The predicted octanol–water partition coefficient (Wildman–Crippen LogP) is 5.30. The average Bonchev–Trinajstić information content (AvgIpc) is 2.51. The maximum atomic E-state index is 6.04. The minimum atomic E-state index is 0.326. The van der Waals surface area contributed by atoms with Gasteiger partial charge in [0.25, 0.3) is 5.17 Å². The molecular weight excluding hydrogens is 374 g/mol. The van der Waals surface area contributed by atoms with Crippen LogP contribution in [0, 0.1) is 20.8 Å². The molecule has 23 heavy (non-hydrogen) atoms. The molecule has 0 aromatic heterocycles. The molecule has 2 aromatic carbocycles. The zero-order valence-electron chi connectivity index (χ0n) is 13.7. The lowest BCUT2D eigenvalue weighted by Crippen LogP contribution is -2.13. The number of anilines is 1. The molecular formula is C18H20BrNO2S. The number of ether oxygens (including phenoxy) is 2. The van der Waals surface area contributed by atoms with Crippen LogP contribution in [0.25, 0.3) is 0 Å². The predicted molar refractivity (Wildman–Crippen MR) is 102 cm³/mol. The van der Waals surface area contributed by atoms with Crippen molar-refractivity contribution in [3.05, 3.63) is 57.1 Å². The topological polar surface area (TPSA) is 30.5 Å². The number of rotatable bonds is 4. The highest BCUT2D eigenvalue weighted by Crippen LogP contribution is 2.28. The zero-order chi connectivity index (χ0) is 17.0. The van der Waals surface area contributed by atoms with Gasteiger partial charge in [0, 0.05) is 15.7 Å². The Morgan fingerprint density at radius 1 is 1.13 bits per heavy atom. The van der Waals surface area contributed by atoms with Gasteiger partial charge in [-0.15, -0.1) is 0 Å². The lowest BCUT2D eigenvalue weighted by atomic mass is 10.1. The molecule has 2 aromatic rings. The van der Waals surface area contributed by atoms with Gasteiger partial charge in [-0.3, -0.25) is 0 Å². The van der Waals surface area contributed by atoms with Crippen molar-refractivity contribution in [2.75, 3.05) is 12.4 Å². The fourth-order valence-corrected chi connectivity index (χ4v) is 2.81. The van der Waals surface area contributed by atoms with Gasteiger partial charge in [0.2, 0.25) is 0 Å². The molecule has 0 spiro atoms. The molecule has 1 N–H and O–H groups in total. The van der Waals surface area contributed by atoms with E-state index < -0.39 is 0 Å². The number of halogens is 1. The van der Waals surface area contributed by atoms with Crippen LogP contribution in [-0.2, 0) is 11.3 Å². The Hall–Kier alpha value is -1.59. The summed E-state index contributed by atoms with van der Waals surface area (Å²) >= 11 is 8.65. The van der Waals surface area contributed by atoms with Crippen molar-refractivity contribution >= 4 is 39.0 Å². The third kappa shape index (κ3) is 4.45. The molecule has 0 radical (unpaired) electrons. The Bertz CT molecular complexity index is 731.